The number of hydrogen-bond donors (Lipinski definition) is 1. The largest absolute Gasteiger partial charge is 0.232 e. The quantitative estimate of drug-likeness (QED) is 0.725. The summed E-state index contributed by atoms with van der Waals surface area (Å²) in [5, 5.41) is 0. The first-order valence-electron chi connectivity index (χ1n) is 4.20. The summed E-state index contributed by atoms with van der Waals surface area (Å²) in [5.41, 5.74) is 2.80. The highest BCUT2D eigenvalue weighted by atomic mass is 19.1. The van der Waals surface area contributed by atoms with Crippen LogP contribution in [0.1, 0.15) is 0 Å². The van der Waals surface area contributed by atoms with Crippen molar-refractivity contribution in [2.75, 3.05) is 5.43 Å². The van der Waals surface area contributed by atoms with Gasteiger partial charge in [-0.3, -0.25) is 0 Å². The molecule has 3 nitrogen and oxygen atoms in total. The van der Waals surface area contributed by atoms with Crippen LogP contribution in [0.3, 0.4) is 0 Å². The molecule has 2 aromatic heterocycles. The Labute approximate surface area is 80.8 Å². The summed E-state index contributed by atoms with van der Waals surface area (Å²) >= 11 is 0. The average Bonchev–Trinajstić information content (AvgIpc) is 2.23. The summed E-state index contributed by atoms with van der Waals surface area (Å²) in [6, 6.07) is 8.48. The molecule has 1 N–H and O–H groups in total. The van der Waals surface area contributed by atoms with E-state index in [2.05, 4.69) is 10.4 Å². The van der Waals surface area contributed by atoms with E-state index in [-0.39, 0.29) is 11.6 Å². The summed E-state index contributed by atoms with van der Waals surface area (Å²) in [6.07, 6.45) is 5.08. The van der Waals surface area contributed by atoms with Crippen molar-refractivity contribution in [2.45, 2.75) is 0 Å². The second-order valence-electron chi connectivity index (χ2n) is 2.73. The first-order valence-corrected chi connectivity index (χ1v) is 4.20. The lowest BCUT2D eigenvalue weighted by Gasteiger charge is -1.99. The van der Waals surface area contributed by atoms with Crippen LogP contribution in [0, 0.1) is 5.82 Å². The maximum absolute atomic E-state index is 13.1. The molecule has 14 heavy (non-hydrogen) atoms. The normalized spacial score (nSPS) is 9.79. The Balaban J connectivity index is 2.24. The minimum Gasteiger partial charge on any atom is -0.232 e. The van der Waals surface area contributed by atoms with E-state index in [1.54, 1.807) is 23.1 Å². The number of nitrogens with zero attached hydrogens (tertiary/aromatic N) is 2. The van der Waals surface area contributed by atoms with Gasteiger partial charge in [-0.25, -0.2) is 9.37 Å². The Bertz CT molecular complexity index is 417. The maximum atomic E-state index is 13.1. The summed E-state index contributed by atoms with van der Waals surface area (Å²) in [6.45, 7) is 0. The fraction of sp³-hybridized carbons (Fsp3) is 0. The molecule has 4 heteroatoms. The number of pyridine rings is 2. The van der Waals surface area contributed by atoms with Crippen molar-refractivity contribution < 1.29 is 9.07 Å². The molecule has 2 rings (SSSR count). The molecule has 0 aliphatic carbocycles. The molecule has 0 aromatic carbocycles. The standard InChI is InChI=1S/C10H9FN3/c11-9-5-4-6-12-10(9)13-14-7-2-1-3-8-14/h1-8H,(H,12,13)/q+1. The van der Waals surface area contributed by atoms with Gasteiger partial charge < -0.3 is 0 Å². The van der Waals surface area contributed by atoms with Crippen LogP contribution in [0.15, 0.2) is 48.9 Å². The molecular weight excluding hydrogens is 181 g/mol. The van der Waals surface area contributed by atoms with Crippen LogP contribution in [-0.4, -0.2) is 4.98 Å². The van der Waals surface area contributed by atoms with E-state index in [4.69, 9.17) is 0 Å². The lowest BCUT2D eigenvalue weighted by molar-refractivity contribution is -0.643. The van der Waals surface area contributed by atoms with Gasteiger partial charge >= 0.3 is 0 Å². The van der Waals surface area contributed by atoms with Crippen molar-refractivity contribution in [1.82, 2.24) is 4.98 Å². The van der Waals surface area contributed by atoms with Crippen molar-refractivity contribution in [3.8, 4) is 0 Å². The maximum Gasteiger partial charge on any atom is 0.221 e. The zero-order chi connectivity index (χ0) is 9.80. The number of anilines is 1. The predicted octanol–water partition coefficient (Wildman–Crippen LogP) is 1.38. The zero-order valence-electron chi connectivity index (χ0n) is 7.39. The van der Waals surface area contributed by atoms with Crippen molar-refractivity contribution in [3.63, 3.8) is 0 Å². The van der Waals surface area contributed by atoms with Gasteiger partial charge in [-0.1, -0.05) is 10.7 Å². The van der Waals surface area contributed by atoms with Crippen LogP contribution in [0.2, 0.25) is 0 Å². The Morgan fingerprint density at radius 2 is 1.93 bits per heavy atom. The number of nitrogens with one attached hydrogen (secondary N) is 1. The van der Waals surface area contributed by atoms with Crippen LogP contribution in [-0.2, 0) is 0 Å². The molecule has 0 atom stereocenters. The third kappa shape index (κ3) is 1.85. The molecule has 0 aliphatic heterocycles. The minimum absolute atomic E-state index is 0.212. The van der Waals surface area contributed by atoms with E-state index in [1.165, 1.54) is 12.3 Å². The van der Waals surface area contributed by atoms with Gasteiger partial charge in [0.25, 0.3) is 0 Å². The minimum atomic E-state index is -0.371. The van der Waals surface area contributed by atoms with Gasteiger partial charge in [0.1, 0.15) is 0 Å². The second-order valence-corrected chi connectivity index (χ2v) is 2.73. The molecule has 2 heterocycles. The molecule has 0 spiro atoms. The van der Waals surface area contributed by atoms with E-state index < -0.39 is 0 Å². The Morgan fingerprint density at radius 3 is 2.64 bits per heavy atom. The lowest BCUT2D eigenvalue weighted by Crippen LogP contribution is -2.41. The Morgan fingerprint density at radius 1 is 1.14 bits per heavy atom. The number of hydrogen-bond acceptors (Lipinski definition) is 2. The molecule has 0 saturated heterocycles. The fourth-order valence-electron chi connectivity index (χ4n) is 1.06. The van der Waals surface area contributed by atoms with Gasteiger partial charge in [0, 0.05) is 18.3 Å². The molecule has 2 aromatic rings. The van der Waals surface area contributed by atoms with Crippen molar-refractivity contribution >= 4 is 5.82 Å². The van der Waals surface area contributed by atoms with Crippen molar-refractivity contribution in [1.29, 1.82) is 0 Å². The molecule has 0 aliphatic rings. The van der Waals surface area contributed by atoms with Gasteiger partial charge in [0.05, 0.1) is 0 Å². The summed E-state index contributed by atoms with van der Waals surface area (Å²) in [4.78, 5) is 3.87. The van der Waals surface area contributed by atoms with E-state index in [0.29, 0.717) is 0 Å². The third-order valence-corrected chi connectivity index (χ3v) is 1.71. The highest BCUT2D eigenvalue weighted by molar-refractivity contribution is 5.32. The molecule has 0 amide bonds. The molecule has 0 radical (unpaired) electrons. The van der Waals surface area contributed by atoms with Crippen LogP contribution >= 0.6 is 0 Å². The summed E-state index contributed by atoms with van der Waals surface area (Å²) in [7, 11) is 0. The molecule has 0 saturated carbocycles. The first-order chi connectivity index (χ1) is 6.86. The highest BCUT2D eigenvalue weighted by Crippen LogP contribution is 2.05. The van der Waals surface area contributed by atoms with Gasteiger partial charge in [0.2, 0.25) is 5.82 Å². The molecule has 0 unspecified atom stereocenters. The van der Waals surface area contributed by atoms with Crippen LogP contribution in [0.5, 0.6) is 0 Å². The summed E-state index contributed by atoms with van der Waals surface area (Å²) < 4.78 is 14.8. The van der Waals surface area contributed by atoms with Crippen LogP contribution < -0.4 is 10.1 Å². The lowest BCUT2D eigenvalue weighted by atomic mass is 10.4. The highest BCUT2D eigenvalue weighted by Gasteiger charge is 2.05. The van der Waals surface area contributed by atoms with Gasteiger partial charge in [-0.05, 0) is 12.1 Å². The van der Waals surface area contributed by atoms with Crippen LogP contribution in [0.4, 0.5) is 10.2 Å². The number of rotatable bonds is 2. The second kappa shape index (κ2) is 3.83. The van der Waals surface area contributed by atoms with E-state index >= 15 is 0 Å². The molecule has 0 fully saturated rings. The van der Waals surface area contributed by atoms with Gasteiger partial charge in [0.15, 0.2) is 18.2 Å². The van der Waals surface area contributed by atoms with E-state index in [0.717, 1.165) is 0 Å². The Kier molecular flexibility index (Phi) is 2.36. The number of aromatic nitrogens is 2. The fourth-order valence-corrected chi connectivity index (χ4v) is 1.06. The Hall–Kier alpha value is -1.97. The smallest absolute Gasteiger partial charge is 0.221 e. The SMILES string of the molecule is Fc1cccnc1N[n+]1ccccc1. The molecule has 0 bridgehead atoms. The third-order valence-electron chi connectivity index (χ3n) is 1.71. The van der Waals surface area contributed by atoms with Crippen molar-refractivity contribution in [2.24, 2.45) is 0 Å². The van der Waals surface area contributed by atoms with Gasteiger partial charge in [-0.15, -0.1) is 5.43 Å². The molecule has 70 valence electrons. The van der Waals surface area contributed by atoms with Crippen LogP contribution in [0.25, 0.3) is 0 Å². The van der Waals surface area contributed by atoms with E-state index in [1.807, 2.05) is 18.2 Å². The topological polar surface area (TPSA) is 28.8 Å². The number of halogens is 1. The van der Waals surface area contributed by atoms with E-state index in [9.17, 15) is 4.39 Å². The summed E-state index contributed by atoms with van der Waals surface area (Å²) in [5.74, 6) is -0.160. The average molecular weight is 190 g/mol. The zero-order valence-corrected chi connectivity index (χ0v) is 7.39. The van der Waals surface area contributed by atoms with Gasteiger partial charge in [-0.2, -0.15) is 0 Å². The van der Waals surface area contributed by atoms with Crippen molar-refractivity contribution in [3.05, 3.63) is 54.7 Å². The first kappa shape index (κ1) is 8.62. The monoisotopic (exact) mass is 190 g/mol. The predicted molar refractivity (Wildman–Crippen MR) is 49.9 cm³/mol. The molecular formula is C10H9FN3+.